The van der Waals surface area contributed by atoms with E-state index in [-0.39, 0.29) is 16.9 Å². The van der Waals surface area contributed by atoms with Crippen LogP contribution in [0.1, 0.15) is 17.5 Å². The molecule has 0 heterocycles. The summed E-state index contributed by atoms with van der Waals surface area (Å²) in [6, 6.07) is 6.94. The number of thioether (sulfide) groups is 1. The zero-order valence-electron chi connectivity index (χ0n) is 14.4. The van der Waals surface area contributed by atoms with Crippen LogP contribution in [0.3, 0.4) is 0 Å². The lowest BCUT2D eigenvalue weighted by atomic mass is 10.0. The van der Waals surface area contributed by atoms with Crippen LogP contribution in [0.5, 0.6) is 0 Å². The van der Waals surface area contributed by atoms with Crippen molar-refractivity contribution in [1.29, 1.82) is 0 Å². The Hall–Kier alpha value is -1.51. The molecule has 0 fully saturated rings. The second-order valence-corrected chi connectivity index (χ2v) is 8.67. The Morgan fingerprint density at radius 2 is 1.65 bits per heavy atom. The maximum absolute atomic E-state index is 13.9. The third-order valence-electron chi connectivity index (χ3n) is 3.88. The summed E-state index contributed by atoms with van der Waals surface area (Å²) in [5.74, 6) is -2.70. The van der Waals surface area contributed by atoms with Crippen LogP contribution >= 0.6 is 11.8 Å². The summed E-state index contributed by atoms with van der Waals surface area (Å²) >= 11 is 1.51. The van der Waals surface area contributed by atoms with E-state index in [1.807, 2.05) is 13.2 Å². The number of aryl methyl sites for hydroxylation is 1. The summed E-state index contributed by atoms with van der Waals surface area (Å²) in [4.78, 5) is 0.100. The van der Waals surface area contributed by atoms with Crippen molar-refractivity contribution in [3.63, 3.8) is 0 Å². The molecule has 0 aliphatic heterocycles. The van der Waals surface area contributed by atoms with E-state index < -0.39 is 33.5 Å². The molecular formula is C18H20F3NO2S2. The van der Waals surface area contributed by atoms with E-state index >= 15 is 0 Å². The lowest BCUT2D eigenvalue weighted by molar-refractivity contribution is 0.482. The molecule has 8 heteroatoms. The van der Waals surface area contributed by atoms with Crippen LogP contribution in [0.15, 0.2) is 41.3 Å². The van der Waals surface area contributed by atoms with Crippen molar-refractivity contribution in [3.05, 3.63) is 65.0 Å². The first-order valence-corrected chi connectivity index (χ1v) is 10.8. The van der Waals surface area contributed by atoms with Crippen LogP contribution in [0.25, 0.3) is 0 Å². The predicted octanol–water partition coefficient (Wildman–Crippen LogP) is 4.06. The summed E-state index contributed by atoms with van der Waals surface area (Å²) in [5, 5.41) is 0. The first kappa shape index (κ1) is 20.8. The Morgan fingerprint density at radius 3 is 2.27 bits per heavy atom. The Bertz CT molecular complexity index is 855. The fourth-order valence-corrected chi connectivity index (χ4v) is 4.24. The van der Waals surface area contributed by atoms with Crippen molar-refractivity contribution < 1.29 is 21.6 Å². The van der Waals surface area contributed by atoms with Gasteiger partial charge in [-0.3, -0.25) is 0 Å². The van der Waals surface area contributed by atoms with Gasteiger partial charge in [-0.2, -0.15) is 11.8 Å². The lowest BCUT2D eigenvalue weighted by Gasteiger charge is -2.19. The number of benzene rings is 2. The fourth-order valence-electron chi connectivity index (χ4n) is 2.45. The van der Waals surface area contributed by atoms with Crippen molar-refractivity contribution in [1.82, 2.24) is 4.72 Å². The first-order chi connectivity index (χ1) is 12.2. The lowest BCUT2D eigenvalue weighted by Crippen LogP contribution is -2.37. The third-order valence-corrected chi connectivity index (χ3v) is 6.06. The Labute approximate surface area is 156 Å². The van der Waals surface area contributed by atoms with Crippen LogP contribution in [0.2, 0.25) is 0 Å². The number of rotatable bonds is 8. The van der Waals surface area contributed by atoms with Crippen molar-refractivity contribution in [3.8, 4) is 0 Å². The fraction of sp³-hybridized carbons (Fsp3) is 0.333. The molecule has 142 valence electrons. The van der Waals surface area contributed by atoms with Crippen LogP contribution in [0, 0.1) is 24.4 Å². The number of halogens is 3. The van der Waals surface area contributed by atoms with Crippen LogP contribution < -0.4 is 4.72 Å². The largest absolute Gasteiger partial charge is 0.240 e. The maximum atomic E-state index is 13.9. The highest BCUT2D eigenvalue weighted by molar-refractivity contribution is 7.98. The van der Waals surface area contributed by atoms with Gasteiger partial charge in [-0.1, -0.05) is 17.7 Å². The monoisotopic (exact) mass is 403 g/mol. The molecule has 0 aromatic heterocycles. The van der Waals surface area contributed by atoms with Gasteiger partial charge in [0.15, 0.2) is 11.6 Å². The SMILES string of the molecule is CSCC[C@@H](Cc1cc(F)c(F)cc1F)NS(=O)(=O)c1ccc(C)cc1. The highest BCUT2D eigenvalue weighted by atomic mass is 32.2. The van der Waals surface area contributed by atoms with Gasteiger partial charge in [-0.25, -0.2) is 26.3 Å². The minimum absolute atomic E-state index is 0.0680. The van der Waals surface area contributed by atoms with E-state index in [9.17, 15) is 21.6 Å². The molecule has 0 aliphatic carbocycles. The van der Waals surface area contributed by atoms with Gasteiger partial charge in [0.05, 0.1) is 4.90 Å². The smallest absolute Gasteiger partial charge is 0.208 e. The molecule has 2 rings (SSSR count). The summed E-state index contributed by atoms with van der Waals surface area (Å²) in [7, 11) is -3.81. The maximum Gasteiger partial charge on any atom is 0.240 e. The van der Waals surface area contributed by atoms with Crippen LogP contribution in [-0.2, 0) is 16.4 Å². The number of sulfonamides is 1. The zero-order valence-corrected chi connectivity index (χ0v) is 16.1. The molecule has 0 bridgehead atoms. The molecule has 2 aromatic rings. The van der Waals surface area contributed by atoms with Gasteiger partial charge in [-0.15, -0.1) is 0 Å². The molecule has 0 amide bonds. The molecule has 1 atom stereocenters. The summed E-state index contributed by atoms with van der Waals surface area (Å²) in [5.41, 5.74) is 0.855. The van der Waals surface area contributed by atoms with Crippen LogP contribution in [0.4, 0.5) is 13.2 Å². The third kappa shape index (κ3) is 5.49. The second-order valence-electron chi connectivity index (χ2n) is 5.97. The minimum Gasteiger partial charge on any atom is -0.208 e. The number of hydrogen-bond donors (Lipinski definition) is 1. The van der Waals surface area contributed by atoms with E-state index in [2.05, 4.69) is 4.72 Å². The van der Waals surface area contributed by atoms with E-state index in [4.69, 9.17) is 0 Å². The Kier molecular flexibility index (Phi) is 7.14. The second kappa shape index (κ2) is 8.92. The van der Waals surface area contributed by atoms with Gasteiger partial charge < -0.3 is 0 Å². The van der Waals surface area contributed by atoms with Gasteiger partial charge in [-0.05, 0) is 55.5 Å². The Balaban J connectivity index is 2.24. The van der Waals surface area contributed by atoms with Gasteiger partial charge >= 0.3 is 0 Å². The van der Waals surface area contributed by atoms with Gasteiger partial charge in [0.2, 0.25) is 10.0 Å². The number of hydrogen-bond acceptors (Lipinski definition) is 3. The minimum atomic E-state index is -3.81. The van der Waals surface area contributed by atoms with E-state index in [0.29, 0.717) is 18.2 Å². The molecule has 0 aliphatic rings. The van der Waals surface area contributed by atoms with Crippen molar-refractivity contribution in [2.75, 3.05) is 12.0 Å². The van der Waals surface area contributed by atoms with E-state index in [0.717, 1.165) is 11.6 Å². The summed E-state index contributed by atoms with van der Waals surface area (Å²) in [6.07, 6.45) is 2.21. The first-order valence-electron chi connectivity index (χ1n) is 7.94. The van der Waals surface area contributed by atoms with Gasteiger partial charge in [0.25, 0.3) is 0 Å². The molecular weight excluding hydrogens is 383 g/mol. The van der Waals surface area contributed by atoms with E-state index in [1.54, 1.807) is 12.1 Å². The highest BCUT2D eigenvalue weighted by Crippen LogP contribution is 2.19. The van der Waals surface area contributed by atoms with Crippen molar-refractivity contribution in [2.24, 2.45) is 0 Å². The molecule has 3 nitrogen and oxygen atoms in total. The predicted molar refractivity (Wildman–Crippen MR) is 98.3 cm³/mol. The van der Waals surface area contributed by atoms with E-state index in [1.165, 1.54) is 23.9 Å². The summed E-state index contributed by atoms with van der Waals surface area (Å²) in [6.45, 7) is 1.84. The zero-order chi connectivity index (χ0) is 19.3. The average Bonchev–Trinajstić information content (AvgIpc) is 2.57. The van der Waals surface area contributed by atoms with Crippen LogP contribution in [-0.4, -0.2) is 26.5 Å². The molecule has 0 saturated carbocycles. The highest BCUT2D eigenvalue weighted by Gasteiger charge is 2.22. The van der Waals surface area contributed by atoms with Crippen molar-refractivity contribution >= 4 is 21.8 Å². The molecule has 1 N–H and O–H groups in total. The standard InChI is InChI=1S/C18H20F3NO2S2/c1-12-3-5-15(6-4-12)26(23,24)22-14(7-8-25-2)9-13-10-17(20)18(21)11-16(13)19/h3-6,10-11,14,22H,7-9H2,1-2H3/t14-/m0/s1. The molecule has 0 saturated heterocycles. The average molecular weight is 403 g/mol. The van der Waals surface area contributed by atoms with Gasteiger partial charge in [0, 0.05) is 12.1 Å². The molecule has 2 aromatic carbocycles. The quantitative estimate of drug-likeness (QED) is 0.677. The number of nitrogens with one attached hydrogen (secondary N) is 1. The summed E-state index contributed by atoms with van der Waals surface area (Å²) < 4.78 is 68.1. The van der Waals surface area contributed by atoms with Gasteiger partial charge in [0.1, 0.15) is 5.82 Å². The normalized spacial score (nSPS) is 13.0. The molecule has 0 unspecified atom stereocenters. The topological polar surface area (TPSA) is 46.2 Å². The molecule has 0 radical (unpaired) electrons. The van der Waals surface area contributed by atoms with Crippen molar-refractivity contribution in [2.45, 2.75) is 30.7 Å². The molecule has 26 heavy (non-hydrogen) atoms. The Morgan fingerprint density at radius 1 is 1.04 bits per heavy atom. The molecule has 0 spiro atoms.